The number of nitrogens with zero attached hydrogens (tertiary/aromatic N) is 2. The lowest BCUT2D eigenvalue weighted by molar-refractivity contribution is 0.0319. The molecule has 0 spiro atoms. The number of aliphatic hydroxyl groups is 2. The number of fused-ring (bicyclic) bond motifs is 1. The second kappa shape index (κ2) is 7.39. The molecule has 5 nitrogen and oxygen atoms in total. The van der Waals surface area contributed by atoms with Crippen molar-refractivity contribution >= 4 is 0 Å². The van der Waals surface area contributed by atoms with Crippen LogP contribution in [0.25, 0.3) is 0 Å². The number of benzene rings is 1. The van der Waals surface area contributed by atoms with Crippen LogP contribution in [0.3, 0.4) is 0 Å². The molecule has 28 heavy (non-hydrogen) atoms. The number of β-amino-alcohol motifs (C(OH)–C–C–N with tert-alkyl or cyclic N) is 1. The topological polar surface area (TPSA) is 76.8 Å². The van der Waals surface area contributed by atoms with Crippen molar-refractivity contribution in [1.29, 1.82) is 0 Å². The van der Waals surface area contributed by atoms with Crippen LogP contribution in [0.5, 0.6) is 5.75 Å². The molecule has 7 heteroatoms. The van der Waals surface area contributed by atoms with E-state index in [1.54, 1.807) is 6.07 Å². The molecule has 1 aliphatic heterocycles. The molecule has 1 aliphatic carbocycles. The molecule has 1 aromatic heterocycles. The number of hydrogen-bond acceptors (Lipinski definition) is 5. The molecular formula is C21H24F2N2O3. The van der Waals surface area contributed by atoms with E-state index in [1.165, 1.54) is 24.4 Å². The van der Waals surface area contributed by atoms with Crippen molar-refractivity contribution in [1.82, 2.24) is 9.88 Å². The molecule has 0 unspecified atom stereocenters. The monoisotopic (exact) mass is 390 g/mol. The Kier molecular flexibility index (Phi) is 5.07. The normalized spacial score (nSPS) is 25.0. The fraction of sp³-hybridized carbons (Fsp3) is 0.476. The zero-order valence-electron chi connectivity index (χ0n) is 15.4. The summed E-state index contributed by atoms with van der Waals surface area (Å²) in [6.45, 7) is 1.96. The van der Waals surface area contributed by atoms with E-state index < -0.39 is 23.3 Å². The molecule has 2 aliphatic rings. The zero-order chi connectivity index (χ0) is 19.9. The van der Waals surface area contributed by atoms with Gasteiger partial charge in [0.15, 0.2) is 0 Å². The van der Waals surface area contributed by atoms with Crippen LogP contribution in [0.2, 0.25) is 0 Å². The molecule has 3 N–H and O–H groups in total. The van der Waals surface area contributed by atoms with Gasteiger partial charge in [0.2, 0.25) is 0 Å². The van der Waals surface area contributed by atoms with Gasteiger partial charge < -0.3 is 15.3 Å². The summed E-state index contributed by atoms with van der Waals surface area (Å²) in [6, 6.07) is 6.59. The molecule has 3 atom stereocenters. The number of hydrogen-bond donors (Lipinski definition) is 3. The van der Waals surface area contributed by atoms with Gasteiger partial charge in [-0.1, -0.05) is 6.07 Å². The van der Waals surface area contributed by atoms with Crippen molar-refractivity contribution in [3.05, 3.63) is 59.4 Å². The lowest BCUT2D eigenvalue weighted by Crippen LogP contribution is -2.33. The number of rotatable bonds is 5. The minimum absolute atomic E-state index is 0.0588. The number of likely N-dealkylation sites (tertiary alicyclic amines) is 1. The Morgan fingerprint density at radius 2 is 1.86 bits per heavy atom. The van der Waals surface area contributed by atoms with E-state index >= 15 is 0 Å². The fourth-order valence-electron chi connectivity index (χ4n) is 4.80. The number of aromatic nitrogens is 1. The lowest BCUT2D eigenvalue weighted by Gasteiger charge is -2.27. The summed E-state index contributed by atoms with van der Waals surface area (Å²) in [6.07, 6.45) is 1.89. The first kappa shape index (κ1) is 19.2. The summed E-state index contributed by atoms with van der Waals surface area (Å²) in [5.41, 5.74) is -0.121. The molecule has 1 aromatic carbocycles. The van der Waals surface area contributed by atoms with E-state index in [-0.39, 0.29) is 24.0 Å². The van der Waals surface area contributed by atoms with Crippen LogP contribution in [0, 0.1) is 23.5 Å². The van der Waals surface area contributed by atoms with E-state index in [2.05, 4.69) is 9.88 Å². The van der Waals surface area contributed by atoms with Crippen molar-refractivity contribution in [2.75, 3.05) is 19.6 Å². The van der Waals surface area contributed by atoms with E-state index in [4.69, 9.17) is 0 Å². The first-order chi connectivity index (χ1) is 13.3. The van der Waals surface area contributed by atoms with Gasteiger partial charge in [0, 0.05) is 32.1 Å². The van der Waals surface area contributed by atoms with E-state index in [9.17, 15) is 24.1 Å². The van der Waals surface area contributed by atoms with Crippen LogP contribution in [-0.2, 0) is 6.42 Å². The van der Waals surface area contributed by atoms with Gasteiger partial charge in [-0.15, -0.1) is 0 Å². The molecule has 0 amide bonds. The molecule has 2 heterocycles. The van der Waals surface area contributed by atoms with Crippen molar-refractivity contribution in [3.63, 3.8) is 0 Å². The highest BCUT2D eigenvalue weighted by Crippen LogP contribution is 2.45. The molecule has 1 saturated carbocycles. The highest BCUT2D eigenvalue weighted by Gasteiger charge is 2.48. The lowest BCUT2D eigenvalue weighted by atomic mass is 9.91. The average molecular weight is 390 g/mol. The van der Waals surface area contributed by atoms with Gasteiger partial charge in [-0.25, -0.2) is 8.78 Å². The van der Waals surface area contributed by atoms with Gasteiger partial charge in [0.1, 0.15) is 23.5 Å². The molecule has 4 rings (SSSR count). The smallest absolute Gasteiger partial charge is 0.133 e. The maximum atomic E-state index is 13.9. The van der Waals surface area contributed by atoms with Gasteiger partial charge in [-0.2, -0.15) is 0 Å². The molecule has 0 bridgehead atoms. The van der Waals surface area contributed by atoms with E-state index in [0.717, 1.165) is 19.2 Å². The number of halogens is 2. The van der Waals surface area contributed by atoms with Crippen molar-refractivity contribution in [2.24, 2.45) is 11.8 Å². The van der Waals surface area contributed by atoms with Crippen LogP contribution in [0.15, 0.2) is 36.5 Å². The predicted octanol–water partition coefficient (Wildman–Crippen LogP) is 2.41. The standard InChI is InChI=1S/C21H24F2N2O3/c22-16-2-1-13(18(23)5-16)6-21(28)7-14-10-25(11-15(14)8-21)12-20(27)19-4-3-17(26)9-24-19/h1-5,9,14-15,20,26-28H,6-8,10-12H2/t14-,15-,20+/m0/s1. The minimum Gasteiger partial charge on any atom is -0.506 e. The molecular weight excluding hydrogens is 366 g/mol. The Balaban J connectivity index is 1.34. The van der Waals surface area contributed by atoms with Gasteiger partial charge in [0.25, 0.3) is 0 Å². The van der Waals surface area contributed by atoms with Crippen LogP contribution < -0.4 is 0 Å². The summed E-state index contributed by atoms with van der Waals surface area (Å²) in [7, 11) is 0. The Morgan fingerprint density at radius 3 is 2.46 bits per heavy atom. The molecule has 150 valence electrons. The SMILES string of the molecule is Oc1ccc([C@H](O)CN2C[C@@H]3CC(O)(Cc4ccc(F)cc4F)C[C@H]3C2)nc1. The van der Waals surface area contributed by atoms with E-state index in [1.807, 2.05) is 0 Å². The molecule has 1 saturated heterocycles. The Bertz CT molecular complexity index is 832. The van der Waals surface area contributed by atoms with Crippen molar-refractivity contribution < 1.29 is 24.1 Å². The third-order valence-corrected chi connectivity index (χ3v) is 6.01. The highest BCUT2D eigenvalue weighted by molar-refractivity contribution is 5.22. The van der Waals surface area contributed by atoms with E-state index in [0.29, 0.717) is 30.6 Å². The maximum absolute atomic E-state index is 13.9. The summed E-state index contributed by atoms with van der Waals surface area (Å²) in [5.74, 6) is -0.601. The van der Waals surface area contributed by atoms with Gasteiger partial charge in [-0.3, -0.25) is 9.88 Å². The maximum Gasteiger partial charge on any atom is 0.133 e. The van der Waals surface area contributed by atoms with Crippen LogP contribution in [-0.4, -0.2) is 50.4 Å². The first-order valence-corrected chi connectivity index (χ1v) is 9.53. The Hall–Kier alpha value is -2.09. The predicted molar refractivity (Wildman–Crippen MR) is 98.5 cm³/mol. The second-order valence-electron chi connectivity index (χ2n) is 8.24. The van der Waals surface area contributed by atoms with Gasteiger partial charge in [0.05, 0.1) is 17.5 Å². The first-order valence-electron chi connectivity index (χ1n) is 9.53. The van der Waals surface area contributed by atoms with Crippen LogP contribution in [0.1, 0.15) is 30.2 Å². The number of pyridine rings is 1. The molecule has 2 fully saturated rings. The minimum atomic E-state index is -0.975. The van der Waals surface area contributed by atoms with Crippen molar-refractivity contribution in [2.45, 2.75) is 31.0 Å². The third kappa shape index (κ3) is 4.01. The fourth-order valence-corrected chi connectivity index (χ4v) is 4.80. The summed E-state index contributed by atoms with van der Waals surface area (Å²) in [5, 5.41) is 30.6. The summed E-state index contributed by atoms with van der Waals surface area (Å²) < 4.78 is 27.0. The summed E-state index contributed by atoms with van der Waals surface area (Å²) >= 11 is 0. The second-order valence-corrected chi connectivity index (χ2v) is 8.24. The average Bonchev–Trinajstić information content (AvgIpc) is 3.12. The number of aromatic hydroxyl groups is 1. The Morgan fingerprint density at radius 1 is 1.14 bits per heavy atom. The van der Waals surface area contributed by atoms with Crippen LogP contribution >= 0.6 is 0 Å². The van der Waals surface area contributed by atoms with Gasteiger partial charge >= 0.3 is 0 Å². The van der Waals surface area contributed by atoms with Crippen molar-refractivity contribution in [3.8, 4) is 5.75 Å². The third-order valence-electron chi connectivity index (χ3n) is 6.01. The molecule has 0 radical (unpaired) electrons. The summed E-state index contributed by atoms with van der Waals surface area (Å²) in [4.78, 5) is 6.21. The quantitative estimate of drug-likeness (QED) is 0.731. The van der Waals surface area contributed by atoms with Crippen LogP contribution in [0.4, 0.5) is 8.78 Å². The molecule has 2 aromatic rings. The number of aliphatic hydroxyl groups excluding tert-OH is 1. The van der Waals surface area contributed by atoms with Gasteiger partial charge in [-0.05, 0) is 48.4 Å². The largest absolute Gasteiger partial charge is 0.506 e. The zero-order valence-corrected chi connectivity index (χ0v) is 15.4. The Labute approximate surface area is 162 Å². The highest BCUT2D eigenvalue weighted by atomic mass is 19.1.